The van der Waals surface area contributed by atoms with Crippen molar-refractivity contribution in [3.05, 3.63) is 163 Å². The zero-order valence-corrected chi connectivity index (χ0v) is 25.4. The second kappa shape index (κ2) is 10.9. The predicted octanol–water partition coefficient (Wildman–Crippen LogP) is 12.4. The molecule has 0 fully saturated rings. The highest BCUT2D eigenvalue weighted by atomic mass is 32.1. The van der Waals surface area contributed by atoms with Crippen LogP contribution in [0, 0.1) is 6.92 Å². The first-order chi connectivity index (χ1) is 21.7. The summed E-state index contributed by atoms with van der Waals surface area (Å²) >= 11 is 5.00. The summed E-state index contributed by atoms with van der Waals surface area (Å²) < 4.78 is 0. The molecule has 0 heterocycles. The van der Waals surface area contributed by atoms with Crippen molar-refractivity contribution in [1.29, 1.82) is 0 Å². The molecule has 0 bridgehead atoms. The first kappa shape index (κ1) is 26.5. The van der Waals surface area contributed by atoms with Crippen molar-refractivity contribution in [3.63, 3.8) is 0 Å². The van der Waals surface area contributed by atoms with Crippen LogP contribution in [0.25, 0.3) is 76.8 Å². The standard InChI is InChI=1S/C43H30S/c1-28-10-2-3-13-34(28)41-19-9-18-35(43(41)44)30-22-20-29(21-23-30)31-11-8-12-32(26-31)33-24-25-40-38-16-5-4-14-36(38)37-15-6-7-17-39(37)42(40)27-33/h2-27,44H,1H3. The Kier molecular flexibility index (Phi) is 6.55. The number of thiol groups is 1. The van der Waals surface area contributed by atoms with Gasteiger partial charge in [0.05, 0.1) is 0 Å². The fraction of sp³-hybridized carbons (Fsp3) is 0.0233. The first-order valence-electron chi connectivity index (χ1n) is 15.1. The molecule has 208 valence electrons. The van der Waals surface area contributed by atoms with Crippen LogP contribution in [0.2, 0.25) is 0 Å². The number of benzene rings is 8. The Morgan fingerprint density at radius 1 is 0.318 bits per heavy atom. The summed E-state index contributed by atoms with van der Waals surface area (Å²) in [5.74, 6) is 0. The van der Waals surface area contributed by atoms with E-state index in [-0.39, 0.29) is 0 Å². The number of hydrogen-bond acceptors (Lipinski definition) is 1. The van der Waals surface area contributed by atoms with Crippen molar-refractivity contribution in [2.75, 3.05) is 0 Å². The van der Waals surface area contributed by atoms with Crippen LogP contribution in [0.3, 0.4) is 0 Å². The molecular weight excluding hydrogens is 549 g/mol. The van der Waals surface area contributed by atoms with Gasteiger partial charge in [-0.2, -0.15) is 0 Å². The molecular formula is C43H30S. The Hall–Kier alpha value is -5.11. The molecule has 8 aromatic carbocycles. The van der Waals surface area contributed by atoms with Gasteiger partial charge in [0.2, 0.25) is 0 Å². The Balaban J connectivity index is 1.17. The van der Waals surface area contributed by atoms with Gasteiger partial charge >= 0.3 is 0 Å². The molecule has 0 aliphatic carbocycles. The Labute approximate surface area is 263 Å². The normalized spacial score (nSPS) is 11.4. The molecule has 0 atom stereocenters. The molecule has 0 nitrogen and oxygen atoms in total. The quantitative estimate of drug-likeness (QED) is 0.156. The summed E-state index contributed by atoms with van der Waals surface area (Å²) in [6.07, 6.45) is 0. The zero-order chi connectivity index (χ0) is 29.6. The van der Waals surface area contributed by atoms with Gasteiger partial charge in [-0.1, -0.05) is 146 Å². The lowest BCUT2D eigenvalue weighted by molar-refractivity contribution is 1.39. The van der Waals surface area contributed by atoms with Crippen LogP contribution in [0.4, 0.5) is 0 Å². The van der Waals surface area contributed by atoms with Gasteiger partial charge in [-0.25, -0.2) is 0 Å². The van der Waals surface area contributed by atoms with E-state index in [0.29, 0.717) is 0 Å². The number of fused-ring (bicyclic) bond motifs is 6. The van der Waals surface area contributed by atoms with E-state index in [1.165, 1.54) is 71.3 Å². The lowest BCUT2D eigenvalue weighted by atomic mass is 9.91. The second-order valence-corrected chi connectivity index (χ2v) is 12.0. The van der Waals surface area contributed by atoms with Crippen LogP contribution >= 0.6 is 12.6 Å². The van der Waals surface area contributed by atoms with Gasteiger partial charge in [0.1, 0.15) is 0 Å². The Morgan fingerprint density at radius 3 is 1.45 bits per heavy atom. The van der Waals surface area contributed by atoms with E-state index >= 15 is 0 Å². The molecule has 8 aromatic rings. The van der Waals surface area contributed by atoms with E-state index < -0.39 is 0 Å². The maximum atomic E-state index is 5.00. The summed E-state index contributed by atoms with van der Waals surface area (Å²) in [5, 5.41) is 7.79. The van der Waals surface area contributed by atoms with Gasteiger partial charge in [-0.05, 0) is 101 Å². The van der Waals surface area contributed by atoms with E-state index in [1.54, 1.807) is 0 Å². The van der Waals surface area contributed by atoms with Gasteiger partial charge in [-0.3, -0.25) is 0 Å². The van der Waals surface area contributed by atoms with Crippen molar-refractivity contribution in [2.45, 2.75) is 11.8 Å². The van der Waals surface area contributed by atoms with E-state index in [9.17, 15) is 0 Å². The Morgan fingerprint density at radius 2 is 0.773 bits per heavy atom. The highest BCUT2D eigenvalue weighted by Crippen LogP contribution is 2.39. The zero-order valence-electron chi connectivity index (χ0n) is 24.5. The van der Waals surface area contributed by atoms with Crippen LogP contribution in [0.15, 0.2) is 163 Å². The largest absolute Gasteiger partial charge is 0.142 e. The minimum absolute atomic E-state index is 1.01. The predicted molar refractivity (Wildman–Crippen MR) is 193 cm³/mol. The maximum Gasteiger partial charge on any atom is 0.0197 e. The highest BCUT2D eigenvalue weighted by Gasteiger charge is 2.12. The van der Waals surface area contributed by atoms with E-state index in [2.05, 4.69) is 165 Å². The smallest absolute Gasteiger partial charge is 0.0197 e. The monoisotopic (exact) mass is 578 g/mol. The minimum atomic E-state index is 1.01. The summed E-state index contributed by atoms with van der Waals surface area (Å²) in [4.78, 5) is 1.01. The van der Waals surface area contributed by atoms with Crippen molar-refractivity contribution in [1.82, 2.24) is 0 Å². The third-order valence-electron chi connectivity index (χ3n) is 8.94. The van der Waals surface area contributed by atoms with Crippen molar-refractivity contribution < 1.29 is 0 Å². The molecule has 0 N–H and O–H groups in total. The molecule has 0 spiro atoms. The van der Waals surface area contributed by atoms with E-state index in [4.69, 9.17) is 12.6 Å². The van der Waals surface area contributed by atoms with Crippen LogP contribution in [0.5, 0.6) is 0 Å². The van der Waals surface area contributed by atoms with Crippen molar-refractivity contribution >= 4 is 44.9 Å². The van der Waals surface area contributed by atoms with Crippen LogP contribution in [-0.2, 0) is 0 Å². The summed E-state index contributed by atoms with van der Waals surface area (Å²) in [6, 6.07) is 57.1. The van der Waals surface area contributed by atoms with E-state index in [1.807, 2.05) is 0 Å². The third kappa shape index (κ3) is 4.49. The fourth-order valence-electron chi connectivity index (χ4n) is 6.68. The molecule has 0 radical (unpaired) electrons. The molecule has 0 amide bonds. The summed E-state index contributed by atoms with van der Waals surface area (Å²) in [5.41, 5.74) is 10.8. The maximum absolute atomic E-state index is 5.00. The van der Waals surface area contributed by atoms with Crippen molar-refractivity contribution in [2.24, 2.45) is 0 Å². The number of hydrogen-bond donors (Lipinski definition) is 1. The summed E-state index contributed by atoms with van der Waals surface area (Å²) in [7, 11) is 0. The first-order valence-corrected chi connectivity index (χ1v) is 15.5. The topological polar surface area (TPSA) is 0 Å². The highest BCUT2D eigenvalue weighted by molar-refractivity contribution is 7.80. The molecule has 1 heteroatoms. The average Bonchev–Trinajstić information content (AvgIpc) is 3.09. The second-order valence-electron chi connectivity index (χ2n) is 11.5. The van der Waals surface area contributed by atoms with Crippen LogP contribution in [0.1, 0.15) is 5.56 Å². The van der Waals surface area contributed by atoms with Gasteiger partial charge in [-0.15, -0.1) is 12.6 Å². The molecule has 0 saturated heterocycles. The van der Waals surface area contributed by atoms with Gasteiger partial charge in [0.15, 0.2) is 0 Å². The molecule has 0 aliphatic heterocycles. The lowest BCUT2D eigenvalue weighted by Gasteiger charge is -2.14. The van der Waals surface area contributed by atoms with Crippen molar-refractivity contribution in [3.8, 4) is 44.5 Å². The lowest BCUT2D eigenvalue weighted by Crippen LogP contribution is -1.88. The van der Waals surface area contributed by atoms with Crippen LogP contribution < -0.4 is 0 Å². The summed E-state index contributed by atoms with van der Waals surface area (Å²) in [6.45, 7) is 2.15. The molecule has 0 aromatic heterocycles. The number of aryl methyl sites for hydroxylation is 1. The van der Waals surface area contributed by atoms with Gasteiger partial charge in [0, 0.05) is 4.90 Å². The molecule has 0 unspecified atom stereocenters. The third-order valence-corrected chi connectivity index (χ3v) is 9.42. The average molecular weight is 579 g/mol. The molecule has 0 saturated carbocycles. The molecule has 44 heavy (non-hydrogen) atoms. The minimum Gasteiger partial charge on any atom is -0.142 e. The molecule has 0 aliphatic rings. The van der Waals surface area contributed by atoms with E-state index in [0.717, 1.165) is 16.0 Å². The number of rotatable bonds is 4. The SMILES string of the molecule is Cc1ccccc1-c1cccc(-c2ccc(-c3cccc(-c4ccc5c6ccccc6c6ccccc6c5c4)c3)cc2)c1S. The van der Waals surface area contributed by atoms with Crippen LogP contribution in [-0.4, -0.2) is 0 Å². The molecule has 8 rings (SSSR count). The van der Waals surface area contributed by atoms with Gasteiger partial charge in [0.25, 0.3) is 0 Å². The fourth-order valence-corrected chi connectivity index (χ4v) is 7.08. The Bertz CT molecular complexity index is 2310. The van der Waals surface area contributed by atoms with Gasteiger partial charge < -0.3 is 0 Å².